The van der Waals surface area contributed by atoms with E-state index >= 15 is 0 Å². The van der Waals surface area contributed by atoms with Crippen LogP contribution in [0.1, 0.15) is 0 Å². The fourth-order valence-electron chi connectivity index (χ4n) is 0.348. The SMILES string of the molecule is NC1=NN(F)NC=C1. The van der Waals surface area contributed by atoms with Crippen LogP contribution in [-0.2, 0) is 0 Å². The van der Waals surface area contributed by atoms with E-state index in [1.807, 2.05) is 0 Å². The molecule has 0 spiro atoms. The van der Waals surface area contributed by atoms with Crippen molar-refractivity contribution >= 4 is 5.84 Å². The van der Waals surface area contributed by atoms with Crippen LogP contribution in [0.15, 0.2) is 17.4 Å². The van der Waals surface area contributed by atoms with Gasteiger partial charge < -0.3 is 5.73 Å². The number of nitrogens with one attached hydrogen (secondary N) is 1. The average Bonchev–Trinajstić information content (AvgIpc) is 1.64. The Morgan fingerprint density at radius 3 is 3.00 bits per heavy atom. The van der Waals surface area contributed by atoms with Gasteiger partial charge in [0, 0.05) is 6.20 Å². The van der Waals surface area contributed by atoms with Crippen molar-refractivity contribution in [1.29, 1.82) is 0 Å². The summed E-state index contributed by atoms with van der Waals surface area (Å²) in [5.74, 6) is 0.145. The van der Waals surface area contributed by atoms with Gasteiger partial charge in [-0.25, -0.2) is 0 Å². The minimum Gasteiger partial charge on any atom is -0.382 e. The minimum atomic E-state index is 0.0370. The normalized spacial score (nSPS) is 17.6. The Hall–Kier alpha value is -1.26. The van der Waals surface area contributed by atoms with Gasteiger partial charge >= 0.3 is 0 Å². The zero-order valence-electron chi connectivity index (χ0n) is 4.00. The third-order valence-electron chi connectivity index (χ3n) is 0.638. The summed E-state index contributed by atoms with van der Waals surface area (Å²) in [6.45, 7) is 0. The number of hydrazone groups is 1. The lowest BCUT2D eigenvalue weighted by Crippen LogP contribution is -2.28. The van der Waals surface area contributed by atoms with Crippen molar-refractivity contribution in [3.05, 3.63) is 12.3 Å². The summed E-state index contributed by atoms with van der Waals surface area (Å²) >= 11 is 0. The molecule has 0 amide bonds. The highest BCUT2D eigenvalue weighted by Gasteiger charge is 1.97. The predicted octanol–water partition coefficient (Wildman–Crippen LogP) is -0.523. The van der Waals surface area contributed by atoms with E-state index in [9.17, 15) is 4.48 Å². The highest BCUT2D eigenvalue weighted by Crippen LogP contribution is 1.89. The molecule has 0 saturated heterocycles. The van der Waals surface area contributed by atoms with Crippen LogP contribution < -0.4 is 11.2 Å². The maximum absolute atomic E-state index is 11.8. The van der Waals surface area contributed by atoms with Crippen molar-refractivity contribution < 1.29 is 4.48 Å². The molecule has 0 aromatic rings. The maximum atomic E-state index is 11.8. The average molecular weight is 116 g/mol. The van der Waals surface area contributed by atoms with Crippen LogP contribution in [0.2, 0.25) is 0 Å². The van der Waals surface area contributed by atoms with Gasteiger partial charge in [-0.3, -0.25) is 5.43 Å². The maximum Gasteiger partial charge on any atom is 0.149 e. The summed E-state index contributed by atoms with van der Waals surface area (Å²) in [5.41, 5.74) is 7.20. The van der Waals surface area contributed by atoms with Gasteiger partial charge in [0.1, 0.15) is 5.84 Å². The van der Waals surface area contributed by atoms with E-state index < -0.39 is 0 Å². The fraction of sp³-hybridized carbons (Fsp3) is 0. The monoisotopic (exact) mass is 116 g/mol. The summed E-state index contributed by atoms with van der Waals surface area (Å²) in [6, 6.07) is 0. The molecule has 1 aliphatic heterocycles. The Kier molecular flexibility index (Phi) is 1.03. The van der Waals surface area contributed by atoms with Crippen molar-refractivity contribution in [3.63, 3.8) is 0 Å². The highest BCUT2D eigenvalue weighted by molar-refractivity contribution is 5.91. The molecule has 0 aromatic carbocycles. The van der Waals surface area contributed by atoms with Gasteiger partial charge in [-0.2, -0.15) is 0 Å². The first-order chi connectivity index (χ1) is 3.79. The molecule has 0 aliphatic carbocycles. The van der Waals surface area contributed by atoms with E-state index in [0.717, 1.165) is 0 Å². The van der Waals surface area contributed by atoms with Gasteiger partial charge in [-0.1, -0.05) is 4.48 Å². The molecule has 0 unspecified atom stereocenters. The van der Waals surface area contributed by atoms with Gasteiger partial charge in [-0.15, -0.1) is 5.10 Å². The van der Waals surface area contributed by atoms with Gasteiger partial charge in [0.25, 0.3) is 0 Å². The Morgan fingerprint density at radius 2 is 2.62 bits per heavy atom. The molecule has 0 bridgehead atoms. The van der Waals surface area contributed by atoms with Gasteiger partial charge in [0.15, 0.2) is 0 Å². The second-order valence-electron chi connectivity index (χ2n) is 1.25. The standard InChI is InChI=1S/C3H5FN4/c4-8-6-2-1-3(5)7-8/h1-2,6H,(H2,5,7). The number of halogens is 1. The van der Waals surface area contributed by atoms with Crippen molar-refractivity contribution in [2.75, 3.05) is 0 Å². The van der Waals surface area contributed by atoms with E-state index in [1.165, 1.54) is 12.3 Å². The molecule has 44 valence electrons. The molecule has 1 heterocycles. The topological polar surface area (TPSA) is 53.6 Å². The molecule has 8 heavy (non-hydrogen) atoms. The lowest BCUT2D eigenvalue weighted by atomic mass is 10.6. The van der Waals surface area contributed by atoms with Crippen LogP contribution in [0.4, 0.5) is 4.48 Å². The van der Waals surface area contributed by atoms with Gasteiger partial charge in [-0.05, 0) is 11.4 Å². The Balaban J connectivity index is 2.63. The van der Waals surface area contributed by atoms with Crippen molar-refractivity contribution in [2.45, 2.75) is 0 Å². The van der Waals surface area contributed by atoms with Gasteiger partial charge in [0.2, 0.25) is 0 Å². The summed E-state index contributed by atoms with van der Waals surface area (Å²) in [4.78, 5) is 0. The molecule has 0 atom stereocenters. The molecule has 4 nitrogen and oxygen atoms in total. The van der Waals surface area contributed by atoms with Crippen LogP contribution in [0.3, 0.4) is 0 Å². The highest BCUT2D eigenvalue weighted by atomic mass is 19.2. The number of rotatable bonds is 0. The van der Waals surface area contributed by atoms with Crippen LogP contribution in [0, 0.1) is 0 Å². The molecule has 0 radical (unpaired) electrons. The number of hydrazine groups is 1. The Morgan fingerprint density at radius 1 is 1.88 bits per heavy atom. The number of amidine groups is 1. The van der Waals surface area contributed by atoms with Crippen LogP contribution in [0.25, 0.3) is 0 Å². The van der Waals surface area contributed by atoms with E-state index in [4.69, 9.17) is 5.73 Å². The van der Waals surface area contributed by atoms with Crippen LogP contribution in [-0.4, -0.2) is 11.2 Å². The predicted molar refractivity (Wildman–Crippen MR) is 26.8 cm³/mol. The lowest BCUT2D eigenvalue weighted by molar-refractivity contribution is -0.0138. The summed E-state index contributed by atoms with van der Waals surface area (Å²) in [6.07, 6.45) is 2.80. The Labute approximate surface area is 45.4 Å². The van der Waals surface area contributed by atoms with E-state index in [-0.39, 0.29) is 11.2 Å². The molecule has 1 aliphatic rings. The quantitative estimate of drug-likeness (QED) is 0.418. The van der Waals surface area contributed by atoms with Crippen LogP contribution >= 0.6 is 0 Å². The number of nitrogens with zero attached hydrogens (tertiary/aromatic N) is 2. The molecular formula is C3H5FN4. The zero-order chi connectivity index (χ0) is 5.98. The first-order valence-electron chi connectivity index (χ1n) is 2.02. The lowest BCUT2D eigenvalue weighted by Gasteiger charge is -2.09. The first kappa shape index (κ1) is 4.89. The van der Waals surface area contributed by atoms with Crippen molar-refractivity contribution in [3.8, 4) is 0 Å². The largest absolute Gasteiger partial charge is 0.382 e. The van der Waals surface area contributed by atoms with Crippen molar-refractivity contribution in [2.24, 2.45) is 10.8 Å². The fourth-order valence-corrected chi connectivity index (χ4v) is 0.348. The molecule has 3 N–H and O–H groups in total. The molecule has 1 rings (SSSR count). The number of hydrogen-bond acceptors (Lipinski definition) is 4. The number of nitrogens with two attached hydrogens (primary N) is 1. The van der Waals surface area contributed by atoms with Crippen LogP contribution in [0.5, 0.6) is 0 Å². The molecule has 0 saturated carbocycles. The summed E-state index contributed by atoms with van der Waals surface area (Å²) in [7, 11) is 0. The second-order valence-corrected chi connectivity index (χ2v) is 1.25. The molecule has 0 fully saturated rings. The van der Waals surface area contributed by atoms with E-state index in [0.29, 0.717) is 0 Å². The Bertz CT molecular complexity index is 140. The molecule has 0 aromatic heterocycles. The zero-order valence-corrected chi connectivity index (χ0v) is 4.00. The van der Waals surface area contributed by atoms with Gasteiger partial charge in [0.05, 0.1) is 0 Å². The molecule has 5 heteroatoms. The third kappa shape index (κ3) is 0.868. The number of hydrogen-bond donors (Lipinski definition) is 2. The second kappa shape index (κ2) is 1.69. The third-order valence-corrected chi connectivity index (χ3v) is 0.638. The smallest absolute Gasteiger partial charge is 0.149 e. The van der Waals surface area contributed by atoms with E-state index in [1.54, 1.807) is 0 Å². The summed E-state index contributed by atoms with van der Waals surface area (Å²) < 4.78 is 11.8. The minimum absolute atomic E-state index is 0.0370. The molecular weight excluding hydrogens is 111 g/mol. The first-order valence-corrected chi connectivity index (χ1v) is 2.02. The van der Waals surface area contributed by atoms with Crippen molar-refractivity contribution in [1.82, 2.24) is 10.8 Å². The summed E-state index contributed by atoms with van der Waals surface area (Å²) in [5, 5.41) is 3.18. The van der Waals surface area contributed by atoms with E-state index in [2.05, 4.69) is 10.5 Å².